The lowest BCUT2D eigenvalue weighted by Crippen LogP contribution is -2.55. The zero-order valence-corrected chi connectivity index (χ0v) is 9.12. The van der Waals surface area contributed by atoms with Crippen LogP contribution in [0.15, 0.2) is 0 Å². The first kappa shape index (κ1) is 11.9. The van der Waals surface area contributed by atoms with Crippen LogP contribution in [-0.4, -0.2) is 48.5 Å². The zero-order valence-electron chi connectivity index (χ0n) is 9.12. The van der Waals surface area contributed by atoms with E-state index in [1.165, 1.54) is 0 Å². The third-order valence-electron chi connectivity index (χ3n) is 3.13. The molecule has 0 bridgehead atoms. The van der Waals surface area contributed by atoms with Gasteiger partial charge < -0.3 is 14.9 Å². The van der Waals surface area contributed by atoms with Crippen LogP contribution in [0, 0.1) is 5.41 Å². The van der Waals surface area contributed by atoms with Gasteiger partial charge in [0.05, 0.1) is 12.6 Å². The minimum atomic E-state index is -1.43. The van der Waals surface area contributed by atoms with Crippen LogP contribution in [0.2, 0.25) is 0 Å². The zero-order chi connectivity index (χ0) is 11.1. The maximum Gasteiger partial charge on any atom is 0.147 e. The van der Waals surface area contributed by atoms with Gasteiger partial charge in [-0.05, 0) is 5.41 Å². The van der Waals surface area contributed by atoms with Gasteiger partial charge in [-0.15, -0.1) is 0 Å². The molecule has 2 N–H and O–H groups in total. The second-order valence-corrected chi connectivity index (χ2v) is 5.01. The summed E-state index contributed by atoms with van der Waals surface area (Å²) in [5.41, 5.74) is -1.69. The van der Waals surface area contributed by atoms with Crippen molar-refractivity contribution in [3.63, 3.8) is 0 Å². The van der Waals surface area contributed by atoms with Crippen LogP contribution in [-0.2, 0) is 4.74 Å². The smallest absolute Gasteiger partial charge is 0.147 e. The van der Waals surface area contributed by atoms with Crippen LogP contribution in [0.3, 0.4) is 0 Å². The van der Waals surface area contributed by atoms with E-state index in [-0.39, 0.29) is 6.61 Å². The van der Waals surface area contributed by atoms with Gasteiger partial charge in [0.2, 0.25) is 0 Å². The van der Waals surface area contributed by atoms with E-state index in [1.54, 1.807) is 7.85 Å². The van der Waals surface area contributed by atoms with Gasteiger partial charge in [0, 0.05) is 0 Å². The lowest BCUT2D eigenvalue weighted by molar-refractivity contribution is -0.160. The van der Waals surface area contributed by atoms with Crippen LogP contribution in [0.1, 0.15) is 20.8 Å². The average molecular weight is 204 g/mol. The molecule has 0 aromatic heterocycles. The molecule has 1 saturated heterocycles. The molecule has 0 amide bonds. The third-order valence-corrected chi connectivity index (χ3v) is 3.13. The summed E-state index contributed by atoms with van der Waals surface area (Å²) in [4.78, 5) is 0. The van der Waals surface area contributed by atoms with Gasteiger partial charge in [0.25, 0.3) is 0 Å². The normalized spacial score (nSPS) is 44.3. The van der Waals surface area contributed by atoms with E-state index in [1.807, 2.05) is 20.8 Å². The Morgan fingerprint density at radius 2 is 2.00 bits per heavy atom. The van der Waals surface area contributed by atoms with Gasteiger partial charge in [-0.25, -0.2) is 4.39 Å². The summed E-state index contributed by atoms with van der Waals surface area (Å²) in [5.74, 6) is 0. The molecule has 0 spiro atoms. The average Bonchev–Trinajstić information content (AvgIpc) is 2.29. The molecule has 82 valence electrons. The first-order chi connectivity index (χ1) is 6.26. The van der Waals surface area contributed by atoms with Gasteiger partial charge in [0.1, 0.15) is 25.7 Å². The Hall–Kier alpha value is -0.125. The van der Waals surface area contributed by atoms with E-state index in [0.29, 0.717) is 0 Å². The maximum absolute atomic E-state index is 13.4. The highest BCUT2D eigenvalue weighted by molar-refractivity contribution is 6.11. The number of aliphatic hydroxyl groups is 2. The molecule has 3 nitrogen and oxygen atoms in total. The van der Waals surface area contributed by atoms with Crippen molar-refractivity contribution in [2.24, 2.45) is 5.41 Å². The molecule has 0 saturated carbocycles. The van der Waals surface area contributed by atoms with E-state index in [2.05, 4.69) is 0 Å². The second kappa shape index (κ2) is 3.47. The van der Waals surface area contributed by atoms with Gasteiger partial charge in [-0.1, -0.05) is 20.8 Å². The van der Waals surface area contributed by atoms with Gasteiger partial charge in [-0.3, -0.25) is 0 Å². The Kier molecular flexibility index (Phi) is 2.96. The molecule has 1 heterocycles. The predicted molar refractivity (Wildman–Crippen MR) is 53.6 cm³/mol. The van der Waals surface area contributed by atoms with E-state index in [0.717, 1.165) is 0 Å². The first-order valence-electron chi connectivity index (χ1n) is 4.87. The summed E-state index contributed by atoms with van der Waals surface area (Å²) >= 11 is 0. The van der Waals surface area contributed by atoms with Crippen molar-refractivity contribution >= 4 is 7.85 Å². The molecule has 14 heavy (non-hydrogen) atoms. The van der Waals surface area contributed by atoms with Crippen molar-refractivity contribution in [1.29, 1.82) is 0 Å². The molecule has 4 unspecified atom stereocenters. The lowest BCUT2D eigenvalue weighted by Gasteiger charge is -2.41. The van der Waals surface area contributed by atoms with Crippen LogP contribution in [0.4, 0.5) is 4.39 Å². The van der Waals surface area contributed by atoms with Crippen molar-refractivity contribution < 1.29 is 19.3 Å². The molecular weight excluding hydrogens is 186 g/mol. The monoisotopic (exact) mass is 204 g/mol. The van der Waals surface area contributed by atoms with Crippen molar-refractivity contribution in [1.82, 2.24) is 0 Å². The van der Waals surface area contributed by atoms with E-state index < -0.39 is 29.3 Å². The van der Waals surface area contributed by atoms with Crippen LogP contribution in [0.5, 0.6) is 0 Å². The number of halogens is 1. The van der Waals surface area contributed by atoms with Crippen molar-refractivity contribution in [2.45, 2.75) is 44.7 Å². The summed E-state index contributed by atoms with van der Waals surface area (Å²) in [6, 6.07) is -0.670. The molecule has 0 aromatic rings. The molecule has 1 aliphatic heterocycles. The van der Waals surface area contributed by atoms with Gasteiger partial charge >= 0.3 is 0 Å². The van der Waals surface area contributed by atoms with Gasteiger partial charge in [-0.2, -0.15) is 0 Å². The predicted octanol–water partition coefficient (Wildman–Crippen LogP) is -0.548. The minimum absolute atomic E-state index is 0.373. The Morgan fingerprint density at radius 3 is 2.14 bits per heavy atom. The fourth-order valence-electron chi connectivity index (χ4n) is 1.97. The Bertz CT molecular complexity index is 219. The molecule has 0 radical (unpaired) electrons. The van der Waals surface area contributed by atoms with Crippen LogP contribution < -0.4 is 0 Å². The highest BCUT2D eigenvalue weighted by Crippen LogP contribution is 2.44. The Labute approximate surface area is 84.7 Å². The van der Waals surface area contributed by atoms with Crippen molar-refractivity contribution in [3.05, 3.63) is 0 Å². The molecule has 0 aromatic carbocycles. The number of ether oxygens (including phenoxy) is 1. The first-order valence-corrected chi connectivity index (χ1v) is 4.87. The summed E-state index contributed by atoms with van der Waals surface area (Å²) in [7, 11) is 1.57. The number of aliphatic hydroxyl groups excluding tert-OH is 2. The summed E-state index contributed by atoms with van der Waals surface area (Å²) in [5, 5.41) is 19.1. The van der Waals surface area contributed by atoms with Crippen LogP contribution in [0.25, 0.3) is 0 Å². The number of rotatable bonds is 1. The topological polar surface area (TPSA) is 49.7 Å². The van der Waals surface area contributed by atoms with Crippen LogP contribution >= 0.6 is 0 Å². The molecule has 0 aliphatic carbocycles. The second-order valence-electron chi connectivity index (χ2n) is 5.01. The number of hydrogen-bond donors (Lipinski definition) is 2. The summed E-state index contributed by atoms with van der Waals surface area (Å²) in [6.07, 6.45) is -2.69. The standard InChI is InChI=1S/C9H18BFO3/c1-8(2,3)9(4-12)6(13)5(11)7(10)14-9/h5-7,12-13H,4,10H2,1-3H3. The lowest BCUT2D eigenvalue weighted by atomic mass is 9.73. The largest absolute Gasteiger partial charge is 0.393 e. The number of hydrogen-bond acceptors (Lipinski definition) is 3. The minimum Gasteiger partial charge on any atom is -0.393 e. The molecular formula is C9H18BFO3. The quantitative estimate of drug-likeness (QED) is 0.563. The fourth-order valence-corrected chi connectivity index (χ4v) is 1.97. The molecule has 1 rings (SSSR count). The van der Waals surface area contributed by atoms with E-state index >= 15 is 0 Å². The summed E-state index contributed by atoms with van der Waals surface area (Å²) in [6.45, 7) is 5.08. The van der Waals surface area contributed by atoms with Gasteiger partial charge in [0.15, 0.2) is 0 Å². The Balaban J connectivity index is 3.03. The van der Waals surface area contributed by atoms with Crippen molar-refractivity contribution in [2.75, 3.05) is 6.61 Å². The molecule has 5 heteroatoms. The van der Waals surface area contributed by atoms with Crippen molar-refractivity contribution in [3.8, 4) is 0 Å². The van der Waals surface area contributed by atoms with E-state index in [4.69, 9.17) is 4.74 Å². The molecule has 4 atom stereocenters. The number of alkyl halides is 1. The Morgan fingerprint density at radius 1 is 1.50 bits per heavy atom. The highest BCUT2D eigenvalue weighted by atomic mass is 19.1. The highest BCUT2D eigenvalue weighted by Gasteiger charge is 2.58. The molecule has 1 fully saturated rings. The van der Waals surface area contributed by atoms with E-state index in [9.17, 15) is 14.6 Å². The maximum atomic E-state index is 13.4. The molecule has 1 aliphatic rings. The summed E-state index contributed by atoms with van der Waals surface area (Å²) < 4.78 is 18.8. The third kappa shape index (κ3) is 1.47. The SMILES string of the molecule is BC1OC(CO)(C(C)(C)C)C(O)C1F. The fraction of sp³-hybridized carbons (Fsp3) is 1.00.